The van der Waals surface area contributed by atoms with Gasteiger partial charge >= 0.3 is 0 Å². The van der Waals surface area contributed by atoms with Crippen LogP contribution in [0.3, 0.4) is 0 Å². The molecule has 0 saturated carbocycles. The number of nitrogen functional groups attached to an aromatic ring is 1. The van der Waals surface area contributed by atoms with Gasteiger partial charge in [-0.1, -0.05) is 28.1 Å². The molecule has 0 radical (unpaired) electrons. The molecule has 1 aromatic rings. The van der Waals surface area contributed by atoms with Crippen LogP contribution < -0.4 is 11.5 Å². The van der Waals surface area contributed by atoms with Crippen molar-refractivity contribution >= 4 is 33.6 Å². The van der Waals surface area contributed by atoms with E-state index >= 15 is 0 Å². The maximum Gasteiger partial charge on any atom is 0.221 e. The number of anilines is 1. The van der Waals surface area contributed by atoms with Crippen molar-refractivity contribution in [1.29, 1.82) is 0 Å². The standard InChI is InChI=1S/C10H11BrN2O/c11-8-4-5-9(12)7(6-8)2-1-3-10(13)14/h1-2,4-6H,3,12H2,(H2,13,14). The smallest absolute Gasteiger partial charge is 0.221 e. The summed E-state index contributed by atoms with van der Waals surface area (Å²) in [5, 5.41) is 0. The normalized spacial score (nSPS) is 10.6. The lowest BCUT2D eigenvalue weighted by Gasteiger charge is -2.00. The van der Waals surface area contributed by atoms with Gasteiger partial charge in [0.15, 0.2) is 0 Å². The molecule has 1 amide bonds. The van der Waals surface area contributed by atoms with Gasteiger partial charge in [0.2, 0.25) is 5.91 Å². The van der Waals surface area contributed by atoms with Crippen LogP contribution in [-0.2, 0) is 4.79 Å². The minimum atomic E-state index is -0.352. The van der Waals surface area contributed by atoms with Crippen LogP contribution in [-0.4, -0.2) is 5.91 Å². The third-order valence-electron chi connectivity index (χ3n) is 1.67. The lowest BCUT2D eigenvalue weighted by Crippen LogP contribution is -2.07. The maximum absolute atomic E-state index is 10.5. The zero-order chi connectivity index (χ0) is 10.6. The SMILES string of the molecule is NC(=O)CC=Cc1cc(Br)ccc1N. The highest BCUT2D eigenvalue weighted by Crippen LogP contribution is 2.19. The van der Waals surface area contributed by atoms with Crippen molar-refractivity contribution in [2.45, 2.75) is 6.42 Å². The highest BCUT2D eigenvalue weighted by Gasteiger charge is 1.95. The fraction of sp³-hybridized carbons (Fsp3) is 0.100. The summed E-state index contributed by atoms with van der Waals surface area (Å²) in [4.78, 5) is 10.5. The number of hydrogen-bond acceptors (Lipinski definition) is 2. The second-order valence-electron chi connectivity index (χ2n) is 2.85. The summed E-state index contributed by atoms with van der Waals surface area (Å²) in [5.74, 6) is -0.352. The van der Waals surface area contributed by atoms with Crippen molar-refractivity contribution in [2.24, 2.45) is 5.73 Å². The number of carbonyl (C=O) groups is 1. The zero-order valence-corrected chi connectivity index (χ0v) is 9.12. The Kier molecular flexibility index (Phi) is 3.71. The number of primary amides is 1. The zero-order valence-electron chi connectivity index (χ0n) is 7.53. The van der Waals surface area contributed by atoms with Gasteiger partial charge in [-0.3, -0.25) is 4.79 Å². The van der Waals surface area contributed by atoms with Gasteiger partial charge in [-0.05, 0) is 23.8 Å². The molecule has 0 saturated heterocycles. The highest BCUT2D eigenvalue weighted by molar-refractivity contribution is 9.10. The first kappa shape index (κ1) is 10.8. The fourth-order valence-corrected chi connectivity index (χ4v) is 1.37. The van der Waals surface area contributed by atoms with E-state index in [1.165, 1.54) is 0 Å². The summed E-state index contributed by atoms with van der Waals surface area (Å²) in [6, 6.07) is 5.54. The molecule has 1 rings (SSSR count). The number of halogens is 1. The molecule has 0 heterocycles. The van der Waals surface area contributed by atoms with Crippen LogP contribution in [0.15, 0.2) is 28.7 Å². The molecular weight excluding hydrogens is 244 g/mol. The molecule has 0 aliphatic carbocycles. The Morgan fingerprint density at radius 1 is 1.50 bits per heavy atom. The molecular formula is C10H11BrN2O. The van der Waals surface area contributed by atoms with Crippen molar-refractivity contribution in [2.75, 3.05) is 5.73 Å². The number of amides is 1. The van der Waals surface area contributed by atoms with Crippen molar-refractivity contribution in [3.63, 3.8) is 0 Å². The topological polar surface area (TPSA) is 69.1 Å². The maximum atomic E-state index is 10.5. The van der Waals surface area contributed by atoms with Crippen LogP contribution in [0.5, 0.6) is 0 Å². The lowest BCUT2D eigenvalue weighted by molar-refractivity contribution is -0.117. The first-order valence-electron chi connectivity index (χ1n) is 4.09. The average Bonchev–Trinajstić information content (AvgIpc) is 2.10. The Labute approximate surface area is 90.9 Å². The molecule has 1 aromatic carbocycles. The van der Waals surface area contributed by atoms with Crippen LogP contribution in [0, 0.1) is 0 Å². The number of benzene rings is 1. The van der Waals surface area contributed by atoms with Gasteiger partial charge in [-0.15, -0.1) is 0 Å². The Hall–Kier alpha value is -1.29. The minimum Gasteiger partial charge on any atom is -0.398 e. The van der Waals surface area contributed by atoms with Gasteiger partial charge in [-0.2, -0.15) is 0 Å². The van der Waals surface area contributed by atoms with E-state index in [0.29, 0.717) is 5.69 Å². The Morgan fingerprint density at radius 2 is 2.21 bits per heavy atom. The van der Waals surface area contributed by atoms with Crippen LogP contribution in [0.2, 0.25) is 0 Å². The van der Waals surface area contributed by atoms with Gasteiger partial charge in [-0.25, -0.2) is 0 Å². The number of hydrogen-bond donors (Lipinski definition) is 2. The van der Waals surface area contributed by atoms with Crippen LogP contribution in [0.1, 0.15) is 12.0 Å². The fourth-order valence-electron chi connectivity index (χ4n) is 0.992. The second kappa shape index (κ2) is 4.81. The Bertz CT molecular complexity index is 374. The predicted molar refractivity (Wildman–Crippen MR) is 61.4 cm³/mol. The van der Waals surface area contributed by atoms with Crippen LogP contribution in [0.25, 0.3) is 6.08 Å². The first-order valence-corrected chi connectivity index (χ1v) is 4.89. The summed E-state index contributed by atoms with van der Waals surface area (Å²) >= 11 is 3.34. The van der Waals surface area contributed by atoms with Crippen molar-refractivity contribution in [3.05, 3.63) is 34.3 Å². The third-order valence-corrected chi connectivity index (χ3v) is 2.16. The molecule has 0 bridgehead atoms. The molecule has 0 aromatic heterocycles. The number of carbonyl (C=O) groups excluding carboxylic acids is 1. The summed E-state index contributed by atoms with van der Waals surface area (Å²) in [6.07, 6.45) is 3.71. The third kappa shape index (κ3) is 3.22. The molecule has 14 heavy (non-hydrogen) atoms. The number of nitrogens with two attached hydrogens (primary N) is 2. The largest absolute Gasteiger partial charge is 0.398 e. The molecule has 0 aliphatic rings. The van der Waals surface area contributed by atoms with Gasteiger partial charge in [0.1, 0.15) is 0 Å². The van der Waals surface area contributed by atoms with Crippen molar-refractivity contribution in [3.8, 4) is 0 Å². The van der Waals surface area contributed by atoms with E-state index in [-0.39, 0.29) is 12.3 Å². The minimum absolute atomic E-state index is 0.228. The van der Waals surface area contributed by atoms with E-state index in [9.17, 15) is 4.79 Å². The van der Waals surface area contributed by atoms with Gasteiger partial charge in [0.05, 0.1) is 0 Å². The van der Waals surface area contributed by atoms with Crippen LogP contribution in [0.4, 0.5) is 5.69 Å². The Balaban J connectivity index is 2.80. The summed E-state index contributed by atoms with van der Waals surface area (Å²) < 4.78 is 0.949. The number of rotatable bonds is 3. The molecule has 74 valence electrons. The van der Waals surface area contributed by atoms with Crippen molar-refractivity contribution in [1.82, 2.24) is 0 Å². The summed E-state index contributed by atoms with van der Waals surface area (Å²) in [6.45, 7) is 0. The molecule has 4 N–H and O–H groups in total. The second-order valence-corrected chi connectivity index (χ2v) is 3.76. The molecule has 4 heteroatoms. The Morgan fingerprint density at radius 3 is 2.86 bits per heavy atom. The van der Waals surface area contributed by atoms with Crippen LogP contribution >= 0.6 is 15.9 Å². The molecule has 0 atom stereocenters. The molecule has 3 nitrogen and oxygen atoms in total. The quantitative estimate of drug-likeness (QED) is 0.810. The molecule has 0 fully saturated rings. The van der Waals surface area contributed by atoms with Crippen molar-refractivity contribution < 1.29 is 4.79 Å². The van der Waals surface area contributed by atoms with E-state index in [4.69, 9.17) is 11.5 Å². The van der Waals surface area contributed by atoms with E-state index in [1.807, 2.05) is 12.1 Å². The molecule has 0 aliphatic heterocycles. The van der Waals surface area contributed by atoms with E-state index in [0.717, 1.165) is 10.0 Å². The summed E-state index contributed by atoms with van der Waals surface area (Å²) in [7, 11) is 0. The monoisotopic (exact) mass is 254 g/mol. The molecule has 0 unspecified atom stereocenters. The predicted octanol–water partition coefficient (Wildman–Crippen LogP) is 1.92. The van der Waals surface area contributed by atoms with Gasteiger partial charge < -0.3 is 11.5 Å². The summed E-state index contributed by atoms with van der Waals surface area (Å²) in [5.41, 5.74) is 12.3. The molecule has 0 spiro atoms. The average molecular weight is 255 g/mol. The van der Waals surface area contributed by atoms with E-state index in [2.05, 4.69) is 15.9 Å². The highest BCUT2D eigenvalue weighted by atomic mass is 79.9. The van der Waals surface area contributed by atoms with Gasteiger partial charge in [0, 0.05) is 16.6 Å². The van der Waals surface area contributed by atoms with E-state index in [1.54, 1.807) is 18.2 Å². The lowest BCUT2D eigenvalue weighted by atomic mass is 10.1. The first-order chi connectivity index (χ1) is 6.59. The van der Waals surface area contributed by atoms with Gasteiger partial charge in [0.25, 0.3) is 0 Å². The van der Waals surface area contributed by atoms with E-state index < -0.39 is 0 Å².